The maximum absolute atomic E-state index is 14.6. The number of nitrogens with one attached hydrogen (secondary N) is 4. The Labute approximate surface area is 556 Å². The molecule has 0 aliphatic carbocycles. The van der Waals surface area contributed by atoms with Crippen LogP contribution in [0.15, 0.2) is 164 Å². The first-order chi connectivity index (χ1) is 46.2. The number of piperazine rings is 1. The number of anilines is 2. The summed E-state index contributed by atoms with van der Waals surface area (Å²) in [6.45, 7) is 16.7. The molecule has 500 valence electrons. The Balaban J connectivity index is 0.000000168. The smallest absolute Gasteiger partial charge is 0.223 e. The molecule has 2 aliphatic heterocycles. The predicted octanol–water partition coefficient (Wildman–Crippen LogP) is 14.0. The van der Waals surface area contributed by atoms with Crippen LogP contribution in [0.25, 0.3) is 33.8 Å². The van der Waals surface area contributed by atoms with Crippen LogP contribution in [0.4, 0.5) is 33.6 Å². The maximum atomic E-state index is 14.6. The van der Waals surface area contributed by atoms with E-state index >= 15 is 0 Å². The predicted molar refractivity (Wildman–Crippen MR) is 370 cm³/mol. The van der Waals surface area contributed by atoms with Crippen molar-refractivity contribution in [1.82, 2.24) is 50.3 Å². The van der Waals surface area contributed by atoms with E-state index in [1.165, 1.54) is 47.9 Å². The van der Waals surface area contributed by atoms with Crippen molar-refractivity contribution in [2.45, 2.75) is 117 Å². The molecule has 2 saturated heterocycles. The average Bonchev–Trinajstić information content (AvgIpc) is 1.11. The van der Waals surface area contributed by atoms with Gasteiger partial charge in [-0.25, -0.2) is 51.9 Å². The maximum Gasteiger partial charge on any atom is 0.223 e. The quantitative estimate of drug-likeness (QED) is 0.0255. The zero-order valence-electron chi connectivity index (χ0n) is 54.9. The molecule has 11 rings (SSSR count). The summed E-state index contributed by atoms with van der Waals surface area (Å²) in [5, 5.41) is 23.0. The second-order valence-corrected chi connectivity index (χ2v) is 24.6. The number of nitrogens with two attached hydrogens (primary N) is 1. The number of halogens is 5. The summed E-state index contributed by atoms with van der Waals surface area (Å²) >= 11 is 0. The van der Waals surface area contributed by atoms with E-state index in [1.54, 1.807) is 30.6 Å². The molecule has 0 radical (unpaired) electrons. The summed E-state index contributed by atoms with van der Waals surface area (Å²) in [6, 6.07) is 43.0. The van der Waals surface area contributed by atoms with Gasteiger partial charge < -0.3 is 32.1 Å². The number of nitrogens with zero attached hydrogens (tertiary/aromatic N) is 8. The third-order valence-corrected chi connectivity index (χ3v) is 17.1. The van der Waals surface area contributed by atoms with E-state index in [1.807, 2.05) is 42.6 Å². The zero-order valence-corrected chi connectivity index (χ0v) is 54.9. The molecule has 6 aromatic carbocycles. The van der Waals surface area contributed by atoms with Crippen LogP contribution >= 0.6 is 0 Å². The molecule has 2 fully saturated rings. The number of hydrogen-bond donors (Lipinski definition) is 6. The fourth-order valence-corrected chi connectivity index (χ4v) is 11.9. The second-order valence-electron chi connectivity index (χ2n) is 24.6. The molecule has 3 aromatic heterocycles. The summed E-state index contributed by atoms with van der Waals surface area (Å²) in [6.07, 6.45) is 14.5. The van der Waals surface area contributed by atoms with Crippen LogP contribution in [0.1, 0.15) is 98.8 Å². The van der Waals surface area contributed by atoms with E-state index in [0.29, 0.717) is 84.2 Å². The van der Waals surface area contributed by atoms with Crippen molar-refractivity contribution in [3.05, 3.63) is 233 Å². The molecular weight excluding hydrogens is 1210 g/mol. The molecular formula is C76H90F5N13O. The Morgan fingerprint density at radius 1 is 0.611 bits per heavy atom. The van der Waals surface area contributed by atoms with Crippen LogP contribution < -0.4 is 27.0 Å². The summed E-state index contributed by atoms with van der Waals surface area (Å²) < 4.78 is 68.1. The van der Waals surface area contributed by atoms with Crippen molar-refractivity contribution in [3.63, 3.8) is 0 Å². The summed E-state index contributed by atoms with van der Waals surface area (Å²) in [4.78, 5) is 31.9. The Morgan fingerprint density at radius 3 is 1.89 bits per heavy atom. The van der Waals surface area contributed by atoms with Crippen LogP contribution in [0.5, 0.6) is 5.75 Å². The number of phenolic OH excluding ortho intramolecular Hbond substituents is 1. The van der Waals surface area contributed by atoms with Crippen molar-refractivity contribution < 1.29 is 27.1 Å². The van der Waals surface area contributed by atoms with Crippen LogP contribution in [-0.4, -0.2) is 116 Å². The number of aryl methyl sites for hydroxylation is 4. The van der Waals surface area contributed by atoms with Gasteiger partial charge in [-0.05, 0) is 210 Å². The Morgan fingerprint density at radius 2 is 1.23 bits per heavy atom. The van der Waals surface area contributed by atoms with Gasteiger partial charge in [0.25, 0.3) is 0 Å². The first-order valence-corrected chi connectivity index (χ1v) is 33.5. The number of aromatic nitrogens is 6. The van der Waals surface area contributed by atoms with Crippen molar-refractivity contribution in [2.75, 3.05) is 69.5 Å². The molecule has 3 atom stereocenters. The third kappa shape index (κ3) is 23.1. The highest BCUT2D eigenvalue weighted by Gasteiger charge is 2.21. The largest absolute Gasteiger partial charge is 0.508 e. The van der Waals surface area contributed by atoms with E-state index in [0.717, 1.165) is 162 Å². The topological polar surface area (TPSA) is 178 Å². The number of hydrogen-bond acceptors (Lipinski definition) is 14. The molecule has 14 nitrogen and oxygen atoms in total. The lowest BCUT2D eigenvalue weighted by molar-refractivity contribution is 0.165. The Kier molecular flexibility index (Phi) is 27.5. The molecule has 5 heterocycles. The summed E-state index contributed by atoms with van der Waals surface area (Å²) in [5.74, 6) is 0.366. The van der Waals surface area contributed by atoms with Gasteiger partial charge in [-0.15, -0.1) is 0 Å². The first kappa shape index (κ1) is 70.7. The van der Waals surface area contributed by atoms with Gasteiger partial charge in [0.05, 0.1) is 17.1 Å². The van der Waals surface area contributed by atoms with Crippen molar-refractivity contribution in [2.24, 2.45) is 11.7 Å². The second kappa shape index (κ2) is 36.9. The van der Waals surface area contributed by atoms with E-state index < -0.39 is 23.3 Å². The Bertz CT molecular complexity index is 3780. The highest BCUT2D eigenvalue weighted by atomic mass is 19.1. The molecule has 19 heteroatoms. The van der Waals surface area contributed by atoms with Gasteiger partial charge in [-0.1, -0.05) is 62.4 Å². The molecule has 0 bridgehead atoms. The van der Waals surface area contributed by atoms with Crippen LogP contribution in [-0.2, 0) is 45.2 Å². The lowest BCUT2D eigenvalue weighted by Gasteiger charge is -2.34. The fraction of sp³-hybridized carbons (Fsp3) is 0.368. The third-order valence-electron chi connectivity index (χ3n) is 17.1. The van der Waals surface area contributed by atoms with E-state index in [4.69, 9.17) is 10.7 Å². The molecule has 9 aromatic rings. The van der Waals surface area contributed by atoms with Gasteiger partial charge >= 0.3 is 0 Å². The molecule has 1 unspecified atom stereocenters. The normalized spacial score (nSPS) is 15.0. The van der Waals surface area contributed by atoms with E-state index in [-0.39, 0.29) is 5.82 Å². The minimum absolute atomic E-state index is 0.302. The molecule has 7 N–H and O–H groups in total. The van der Waals surface area contributed by atoms with E-state index in [9.17, 15) is 27.1 Å². The minimum Gasteiger partial charge on any atom is -0.508 e. The monoisotopic (exact) mass is 1300 g/mol. The highest BCUT2D eigenvalue weighted by molar-refractivity contribution is 5.65. The minimum atomic E-state index is -0.580. The molecule has 0 spiro atoms. The number of benzene rings is 6. The number of phenols is 1. The summed E-state index contributed by atoms with van der Waals surface area (Å²) in [5.41, 5.74) is 16.4. The van der Waals surface area contributed by atoms with Crippen LogP contribution in [0, 0.1) is 35.0 Å². The number of rotatable bonds is 28. The summed E-state index contributed by atoms with van der Waals surface area (Å²) in [7, 11) is 0. The highest BCUT2D eigenvalue weighted by Crippen LogP contribution is 2.27. The van der Waals surface area contributed by atoms with Gasteiger partial charge in [-0.3, -0.25) is 9.80 Å². The fourth-order valence-electron chi connectivity index (χ4n) is 11.9. The van der Waals surface area contributed by atoms with Gasteiger partial charge in [-0.2, -0.15) is 0 Å². The number of aromatic hydroxyl groups is 1. The lowest BCUT2D eigenvalue weighted by atomic mass is 10.0. The molecule has 95 heavy (non-hydrogen) atoms. The van der Waals surface area contributed by atoms with Gasteiger partial charge in [0.2, 0.25) is 5.95 Å². The van der Waals surface area contributed by atoms with Gasteiger partial charge in [0.15, 0.2) is 0 Å². The SMILES string of the molecule is CCC(CCCN)Nc1cccc(-c2ccnc(CCCc3ccc(O)cc3)n2)c1.CCN(Cc1cccc(-c2ccnc(NCCc3cc(F)cc(F)c3)n2)c1)C[C@H]1CCNC1.C[C@H]1CNCCN1Cc1ccc(F)c(-c2ccnc(CCCc3cc(F)cc(F)c3)n2)c1. The average molecular weight is 1300 g/mol. The standard InChI is InChI=1S/C26H31F2N5.C25H27F3N4.C25H32N4O/c1-2-33(18-21-6-9-29-16-21)17-20-4-3-5-22(12-20)25-8-11-31-26(32-25)30-10-7-19-13-23(27)15-24(28)14-19;1-17-15-29-9-10-32(17)16-19-5-6-23(28)22(13-19)24-7-8-30-25(31-24)4-2-3-18-11-20(26)14-21(27)12-18;1-2-21(9-5-16-26)28-22-8-4-7-20(18-22)24-15-17-27-25(29-24)10-3-6-19-11-13-23(30)14-12-19/h3-5,8,11-15,21,29H,2,6-7,9-10,16-18H2,1H3,(H,30,31,32);5-8,11-14,17,29H,2-4,9-10,15-16H2,1H3;4,7-8,11-15,17-18,21,28,30H,2-3,5-6,9-10,16,26H2,1H3/t21-;17-;/m00./s1. The molecule has 0 amide bonds. The van der Waals surface area contributed by atoms with Gasteiger partial charge in [0, 0.05) is 124 Å². The lowest BCUT2D eigenvalue weighted by Crippen LogP contribution is -2.49. The Hall–Kier alpha value is -8.59. The molecule has 0 saturated carbocycles. The first-order valence-electron chi connectivity index (χ1n) is 33.5. The molecule has 2 aliphatic rings. The van der Waals surface area contributed by atoms with Crippen molar-refractivity contribution in [3.8, 4) is 39.5 Å². The van der Waals surface area contributed by atoms with E-state index in [2.05, 4.69) is 125 Å². The van der Waals surface area contributed by atoms with Crippen LogP contribution in [0.3, 0.4) is 0 Å². The van der Waals surface area contributed by atoms with Gasteiger partial charge in [0.1, 0.15) is 46.5 Å². The zero-order chi connectivity index (χ0) is 66.7. The van der Waals surface area contributed by atoms with Crippen molar-refractivity contribution >= 4 is 11.6 Å². The van der Waals surface area contributed by atoms with Crippen molar-refractivity contribution in [1.29, 1.82) is 0 Å². The van der Waals surface area contributed by atoms with Crippen LogP contribution in [0.2, 0.25) is 0 Å².